The molecule has 3 nitrogen and oxygen atoms in total. The van der Waals surface area contributed by atoms with Crippen molar-refractivity contribution in [3.8, 4) is 5.75 Å². The number of anilines is 1. The number of nitrogens with one attached hydrogen (secondary N) is 1. The normalized spacial score (nSPS) is 10.3. The molecular formula is C15H12BrF2NO2. The van der Waals surface area contributed by atoms with E-state index >= 15 is 0 Å². The number of amides is 1. The Bertz CT molecular complexity index is 704. The number of hydrogen-bond donors (Lipinski definition) is 1. The number of halogens is 3. The summed E-state index contributed by atoms with van der Waals surface area (Å²) in [5, 5.41) is 2.45. The van der Waals surface area contributed by atoms with Gasteiger partial charge in [-0.1, -0.05) is 22.0 Å². The molecule has 0 spiro atoms. The van der Waals surface area contributed by atoms with Crippen molar-refractivity contribution in [2.45, 2.75) is 6.92 Å². The van der Waals surface area contributed by atoms with Crippen molar-refractivity contribution in [2.24, 2.45) is 0 Å². The first-order chi connectivity index (χ1) is 9.93. The smallest absolute Gasteiger partial charge is 0.261 e. The Morgan fingerprint density at radius 2 is 1.95 bits per heavy atom. The van der Waals surface area contributed by atoms with Gasteiger partial charge in [-0.15, -0.1) is 0 Å². The molecule has 0 aliphatic rings. The van der Waals surface area contributed by atoms with Crippen LogP contribution in [0, 0.1) is 18.6 Å². The third-order valence-corrected chi connectivity index (χ3v) is 3.41. The van der Waals surface area contributed by atoms with Gasteiger partial charge in [-0.05, 0) is 36.8 Å². The van der Waals surface area contributed by atoms with Crippen LogP contribution in [-0.4, -0.2) is 13.0 Å². The molecule has 0 saturated carbocycles. The Hall–Kier alpha value is -1.95. The highest BCUT2D eigenvalue weighted by molar-refractivity contribution is 9.10. The number of rotatable bonds is 3. The zero-order chi connectivity index (χ0) is 15.6. The summed E-state index contributed by atoms with van der Waals surface area (Å²) < 4.78 is 33.4. The highest BCUT2D eigenvalue weighted by Crippen LogP contribution is 2.29. The van der Waals surface area contributed by atoms with Gasteiger partial charge in [0, 0.05) is 4.47 Å². The minimum absolute atomic E-state index is 0.197. The molecule has 2 aromatic carbocycles. The molecule has 0 unspecified atom stereocenters. The van der Waals surface area contributed by atoms with Crippen LogP contribution in [0.4, 0.5) is 14.5 Å². The Balaban J connectivity index is 2.39. The second-order valence-corrected chi connectivity index (χ2v) is 5.27. The van der Waals surface area contributed by atoms with Gasteiger partial charge in [0.15, 0.2) is 0 Å². The first-order valence-electron chi connectivity index (χ1n) is 6.03. The number of carbonyl (C=O) groups is 1. The molecule has 110 valence electrons. The summed E-state index contributed by atoms with van der Waals surface area (Å²) in [6.45, 7) is 1.46. The highest BCUT2D eigenvalue weighted by Gasteiger charge is 2.20. The van der Waals surface area contributed by atoms with Crippen LogP contribution < -0.4 is 10.1 Å². The Labute approximate surface area is 129 Å². The summed E-state index contributed by atoms with van der Waals surface area (Å²) in [6.07, 6.45) is 0. The molecule has 0 aromatic heterocycles. The fourth-order valence-electron chi connectivity index (χ4n) is 1.83. The standard InChI is InChI=1S/C15H12BrF2NO2/c1-8-3-5-10(17)13(14(8)18)15(20)19-11-7-9(16)4-6-12(11)21-2/h3-7H,1-2H3,(H,19,20). The summed E-state index contributed by atoms with van der Waals surface area (Å²) in [5.74, 6) is -2.27. The summed E-state index contributed by atoms with van der Waals surface area (Å²) in [7, 11) is 1.44. The van der Waals surface area contributed by atoms with Crippen LogP contribution in [0.15, 0.2) is 34.8 Å². The maximum Gasteiger partial charge on any atom is 0.261 e. The van der Waals surface area contributed by atoms with Crippen molar-refractivity contribution >= 4 is 27.5 Å². The molecule has 6 heteroatoms. The van der Waals surface area contributed by atoms with Gasteiger partial charge < -0.3 is 10.1 Å². The van der Waals surface area contributed by atoms with Crippen molar-refractivity contribution in [1.29, 1.82) is 0 Å². The number of aryl methyl sites for hydroxylation is 1. The van der Waals surface area contributed by atoms with Crippen LogP contribution in [-0.2, 0) is 0 Å². The van der Waals surface area contributed by atoms with Crippen molar-refractivity contribution in [1.82, 2.24) is 0 Å². The summed E-state index contributed by atoms with van der Waals surface area (Å²) >= 11 is 3.26. The van der Waals surface area contributed by atoms with E-state index in [1.54, 1.807) is 18.2 Å². The summed E-state index contributed by atoms with van der Waals surface area (Å²) in [4.78, 5) is 12.1. The molecule has 2 rings (SSSR count). The minimum Gasteiger partial charge on any atom is -0.495 e. The molecule has 0 atom stereocenters. The van der Waals surface area contributed by atoms with E-state index < -0.39 is 23.1 Å². The predicted molar refractivity (Wildman–Crippen MR) is 79.7 cm³/mol. The van der Waals surface area contributed by atoms with Crippen LogP contribution in [0.1, 0.15) is 15.9 Å². The summed E-state index contributed by atoms with van der Waals surface area (Å²) in [5.41, 5.74) is -0.100. The van der Waals surface area contributed by atoms with Crippen molar-refractivity contribution in [2.75, 3.05) is 12.4 Å². The molecular weight excluding hydrogens is 344 g/mol. The van der Waals surface area contributed by atoms with Gasteiger partial charge in [0.2, 0.25) is 0 Å². The number of hydrogen-bond acceptors (Lipinski definition) is 2. The van der Waals surface area contributed by atoms with E-state index in [-0.39, 0.29) is 5.56 Å². The molecule has 0 aliphatic heterocycles. The van der Waals surface area contributed by atoms with Crippen LogP contribution in [0.5, 0.6) is 5.75 Å². The van der Waals surface area contributed by atoms with Crippen LogP contribution >= 0.6 is 15.9 Å². The molecule has 0 radical (unpaired) electrons. The topological polar surface area (TPSA) is 38.3 Å². The Kier molecular flexibility index (Phi) is 4.57. The molecule has 1 amide bonds. The first-order valence-corrected chi connectivity index (χ1v) is 6.83. The minimum atomic E-state index is -0.912. The largest absolute Gasteiger partial charge is 0.495 e. The van der Waals surface area contributed by atoms with Gasteiger partial charge in [0.05, 0.1) is 12.8 Å². The quantitative estimate of drug-likeness (QED) is 0.891. The SMILES string of the molecule is COc1ccc(Br)cc1NC(=O)c1c(F)ccc(C)c1F. The van der Waals surface area contributed by atoms with Crippen LogP contribution in [0.2, 0.25) is 0 Å². The van der Waals surface area contributed by atoms with E-state index in [9.17, 15) is 13.6 Å². The van der Waals surface area contributed by atoms with E-state index in [0.29, 0.717) is 15.9 Å². The van der Waals surface area contributed by atoms with Gasteiger partial charge in [0.1, 0.15) is 22.9 Å². The second-order valence-electron chi connectivity index (χ2n) is 4.35. The maximum absolute atomic E-state index is 13.9. The maximum atomic E-state index is 13.9. The number of methoxy groups -OCH3 is 1. The second kappa shape index (κ2) is 6.22. The lowest BCUT2D eigenvalue weighted by Gasteiger charge is -2.12. The first kappa shape index (κ1) is 15.4. The lowest BCUT2D eigenvalue weighted by atomic mass is 10.1. The lowest BCUT2D eigenvalue weighted by molar-refractivity contribution is 0.101. The Morgan fingerprint density at radius 3 is 2.62 bits per heavy atom. The Morgan fingerprint density at radius 1 is 1.24 bits per heavy atom. The third kappa shape index (κ3) is 3.21. The number of benzene rings is 2. The average Bonchev–Trinajstić information content (AvgIpc) is 2.43. The fraction of sp³-hybridized carbons (Fsp3) is 0.133. The average molecular weight is 356 g/mol. The van der Waals surface area contributed by atoms with E-state index in [2.05, 4.69) is 21.2 Å². The molecule has 0 heterocycles. The fourth-order valence-corrected chi connectivity index (χ4v) is 2.19. The molecule has 0 saturated heterocycles. The molecule has 0 bridgehead atoms. The predicted octanol–water partition coefficient (Wildman–Crippen LogP) is 4.30. The van der Waals surface area contributed by atoms with Gasteiger partial charge in [-0.3, -0.25) is 4.79 Å². The zero-order valence-electron chi connectivity index (χ0n) is 11.3. The molecule has 0 fully saturated rings. The van der Waals surface area contributed by atoms with Crippen LogP contribution in [0.3, 0.4) is 0 Å². The van der Waals surface area contributed by atoms with E-state index in [1.165, 1.54) is 20.1 Å². The number of carbonyl (C=O) groups excluding carboxylic acids is 1. The van der Waals surface area contributed by atoms with Gasteiger partial charge in [-0.2, -0.15) is 0 Å². The summed E-state index contributed by atoms with van der Waals surface area (Å²) in [6, 6.07) is 7.28. The molecule has 21 heavy (non-hydrogen) atoms. The van der Waals surface area contributed by atoms with Crippen molar-refractivity contribution in [3.63, 3.8) is 0 Å². The highest BCUT2D eigenvalue weighted by atomic mass is 79.9. The molecule has 0 aliphatic carbocycles. The van der Waals surface area contributed by atoms with E-state index in [4.69, 9.17) is 4.74 Å². The number of ether oxygens (including phenoxy) is 1. The van der Waals surface area contributed by atoms with E-state index in [1.807, 2.05) is 0 Å². The molecule has 2 aromatic rings. The monoisotopic (exact) mass is 355 g/mol. The van der Waals surface area contributed by atoms with Crippen molar-refractivity contribution in [3.05, 3.63) is 57.6 Å². The van der Waals surface area contributed by atoms with Gasteiger partial charge in [-0.25, -0.2) is 8.78 Å². The molecule has 1 N–H and O–H groups in total. The van der Waals surface area contributed by atoms with E-state index in [0.717, 1.165) is 6.07 Å². The van der Waals surface area contributed by atoms with Gasteiger partial charge >= 0.3 is 0 Å². The van der Waals surface area contributed by atoms with Crippen LogP contribution in [0.25, 0.3) is 0 Å². The van der Waals surface area contributed by atoms with Crippen molar-refractivity contribution < 1.29 is 18.3 Å². The van der Waals surface area contributed by atoms with Gasteiger partial charge in [0.25, 0.3) is 5.91 Å². The zero-order valence-corrected chi connectivity index (χ0v) is 12.9. The lowest BCUT2D eigenvalue weighted by Crippen LogP contribution is -2.17. The third-order valence-electron chi connectivity index (χ3n) is 2.92.